The van der Waals surface area contributed by atoms with Gasteiger partial charge in [-0.05, 0) is 56.9 Å². The predicted molar refractivity (Wildman–Crippen MR) is 92.8 cm³/mol. The van der Waals surface area contributed by atoms with E-state index in [9.17, 15) is 0 Å². The Balaban J connectivity index is 1.98. The van der Waals surface area contributed by atoms with Gasteiger partial charge in [-0.2, -0.15) is 0 Å². The third-order valence-electron chi connectivity index (χ3n) is 4.75. The second-order valence-corrected chi connectivity index (χ2v) is 6.94. The average Bonchev–Trinajstić information content (AvgIpc) is 2.82. The first kappa shape index (κ1) is 15.0. The zero-order valence-electron chi connectivity index (χ0n) is 14.2. The molecule has 1 N–H and O–H groups in total. The maximum absolute atomic E-state index is 6.27. The Morgan fingerprint density at radius 2 is 1.68 bits per heavy atom. The van der Waals surface area contributed by atoms with Crippen LogP contribution in [-0.2, 0) is 13.0 Å². The average molecular weight is 295 g/mol. The topological polar surface area (TPSA) is 21.3 Å². The molecule has 116 valence electrons. The van der Waals surface area contributed by atoms with E-state index < -0.39 is 0 Å². The van der Waals surface area contributed by atoms with Crippen molar-refractivity contribution in [1.82, 2.24) is 0 Å². The molecule has 0 saturated heterocycles. The Labute approximate surface area is 133 Å². The molecule has 0 amide bonds. The van der Waals surface area contributed by atoms with E-state index in [2.05, 4.69) is 64.2 Å². The van der Waals surface area contributed by atoms with Crippen LogP contribution in [0.15, 0.2) is 30.3 Å². The summed E-state index contributed by atoms with van der Waals surface area (Å²) >= 11 is 0. The Morgan fingerprint density at radius 3 is 2.36 bits per heavy atom. The highest BCUT2D eigenvalue weighted by Crippen LogP contribution is 2.45. The van der Waals surface area contributed by atoms with Crippen molar-refractivity contribution in [3.05, 3.63) is 58.1 Å². The van der Waals surface area contributed by atoms with Crippen molar-refractivity contribution in [2.24, 2.45) is 0 Å². The lowest BCUT2D eigenvalue weighted by atomic mass is 9.92. The Bertz CT molecular complexity index is 702. The van der Waals surface area contributed by atoms with Gasteiger partial charge in [0.1, 0.15) is 11.4 Å². The van der Waals surface area contributed by atoms with Crippen molar-refractivity contribution in [2.45, 2.75) is 53.2 Å². The number of benzene rings is 2. The second kappa shape index (κ2) is 5.35. The van der Waals surface area contributed by atoms with Gasteiger partial charge >= 0.3 is 0 Å². The lowest BCUT2D eigenvalue weighted by Gasteiger charge is -2.21. The van der Waals surface area contributed by atoms with E-state index in [0.717, 1.165) is 24.4 Å². The molecule has 2 aromatic rings. The van der Waals surface area contributed by atoms with Crippen LogP contribution in [0, 0.1) is 20.8 Å². The highest BCUT2D eigenvalue weighted by Gasteiger charge is 2.34. The summed E-state index contributed by atoms with van der Waals surface area (Å²) in [6.07, 6.45) is 0.981. The molecule has 0 spiro atoms. The van der Waals surface area contributed by atoms with Crippen molar-refractivity contribution < 1.29 is 4.74 Å². The maximum Gasteiger partial charge on any atom is 0.147 e. The number of fused-ring (bicyclic) bond motifs is 1. The van der Waals surface area contributed by atoms with E-state index in [1.54, 1.807) is 0 Å². The lowest BCUT2D eigenvalue weighted by Crippen LogP contribution is -2.25. The minimum Gasteiger partial charge on any atom is -0.485 e. The van der Waals surface area contributed by atoms with Crippen LogP contribution in [0.3, 0.4) is 0 Å². The third-order valence-corrected chi connectivity index (χ3v) is 4.75. The fourth-order valence-corrected chi connectivity index (χ4v) is 3.25. The van der Waals surface area contributed by atoms with Gasteiger partial charge in [0.05, 0.1) is 5.69 Å². The van der Waals surface area contributed by atoms with Crippen molar-refractivity contribution in [2.75, 3.05) is 5.32 Å². The zero-order valence-corrected chi connectivity index (χ0v) is 14.2. The van der Waals surface area contributed by atoms with E-state index in [4.69, 9.17) is 4.74 Å². The second-order valence-electron chi connectivity index (χ2n) is 6.94. The minimum atomic E-state index is -0.115. The molecule has 0 bridgehead atoms. The Morgan fingerprint density at radius 1 is 1.00 bits per heavy atom. The fraction of sp³-hybridized carbons (Fsp3) is 0.400. The van der Waals surface area contributed by atoms with E-state index >= 15 is 0 Å². The van der Waals surface area contributed by atoms with Crippen LogP contribution < -0.4 is 10.1 Å². The molecule has 0 unspecified atom stereocenters. The number of rotatable bonds is 3. The minimum absolute atomic E-state index is 0.115. The molecule has 1 aliphatic rings. The molecule has 0 fully saturated rings. The van der Waals surface area contributed by atoms with Crippen molar-refractivity contribution in [3.8, 4) is 5.75 Å². The smallest absolute Gasteiger partial charge is 0.147 e. The number of hydrogen-bond acceptors (Lipinski definition) is 2. The lowest BCUT2D eigenvalue weighted by molar-refractivity contribution is 0.139. The van der Waals surface area contributed by atoms with Crippen molar-refractivity contribution in [3.63, 3.8) is 0 Å². The summed E-state index contributed by atoms with van der Waals surface area (Å²) in [6, 6.07) is 10.5. The summed E-state index contributed by atoms with van der Waals surface area (Å²) in [5.41, 5.74) is 7.74. The first-order valence-electron chi connectivity index (χ1n) is 7.98. The number of anilines is 1. The SMILES string of the molecule is Cc1c(C)c2c(c(NCc3ccccc3)c1C)OC(C)(C)C2. The quantitative estimate of drug-likeness (QED) is 0.866. The molecular formula is C20H25NO. The Hall–Kier alpha value is -1.96. The molecule has 3 rings (SSSR count). The van der Waals surface area contributed by atoms with E-state index in [1.165, 1.54) is 27.8 Å². The van der Waals surface area contributed by atoms with Crippen LogP contribution in [0.1, 0.15) is 41.7 Å². The molecule has 2 aromatic carbocycles. The highest BCUT2D eigenvalue weighted by atomic mass is 16.5. The van der Waals surface area contributed by atoms with Gasteiger partial charge in [-0.15, -0.1) is 0 Å². The largest absolute Gasteiger partial charge is 0.485 e. The van der Waals surface area contributed by atoms with Gasteiger partial charge in [-0.25, -0.2) is 0 Å². The van der Waals surface area contributed by atoms with Gasteiger partial charge in [0, 0.05) is 18.5 Å². The number of ether oxygens (including phenoxy) is 1. The van der Waals surface area contributed by atoms with Gasteiger partial charge in [0.15, 0.2) is 0 Å². The van der Waals surface area contributed by atoms with Gasteiger partial charge in [0.2, 0.25) is 0 Å². The molecule has 2 heteroatoms. The van der Waals surface area contributed by atoms with E-state index in [-0.39, 0.29) is 5.60 Å². The number of hydrogen-bond donors (Lipinski definition) is 1. The van der Waals surface area contributed by atoms with Crippen molar-refractivity contribution in [1.29, 1.82) is 0 Å². The normalized spacial score (nSPS) is 15.3. The molecular weight excluding hydrogens is 270 g/mol. The molecule has 0 aliphatic carbocycles. The monoisotopic (exact) mass is 295 g/mol. The Kier molecular flexibility index (Phi) is 3.64. The molecule has 1 aliphatic heterocycles. The van der Waals surface area contributed by atoms with Crippen LogP contribution in [0.2, 0.25) is 0 Å². The summed E-state index contributed by atoms with van der Waals surface area (Å²) in [4.78, 5) is 0. The van der Waals surface area contributed by atoms with Crippen LogP contribution in [0.4, 0.5) is 5.69 Å². The summed E-state index contributed by atoms with van der Waals surface area (Å²) < 4.78 is 6.27. The van der Waals surface area contributed by atoms with Crippen LogP contribution in [0.5, 0.6) is 5.75 Å². The number of nitrogens with one attached hydrogen (secondary N) is 1. The van der Waals surface area contributed by atoms with Crippen molar-refractivity contribution >= 4 is 5.69 Å². The summed E-state index contributed by atoms with van der Waals surface area (Å²) in [6.45, 7) is 11.8. The van der Waals surface area contributed by atoms with Gasteiger partial charge in [0.25, 0.3) is 0 Å². The third kappa shape index (κ3) is 2.58. The zero-order chi connectivity index (χ0) is 15.9. The first-order chi connectivity index (χ1) is 10.4. The van der Waals surface area contributed by atoms with Gasteiger partial charge < -0.3 is 10.1 Å². The van der Waals surface area contributed by atoms with Crippen LogP contribution >= 0.6 is 0 Å². The summed E-state index contributed by atoms with van der Waals surface area (Å²) in [7, 11) is 0. The molecule has 0 radical (unpaired) electrons. The summed E-state index contributed by atoms with van der Waals surface area (Å²) in [5.74, 6) is 1.06. The standard InChI is InChI=1S/C20H25NO/c1-13-14(2)17-11-20(4,5)22-19(17)18(15(13)3)21-12-16-9-7-6-8-10-16/h6-10,21H,11-12H2,1-5H3. The predicted octanol–water partition coefficient (Wildman–Crippen LogP) is 4.94. The molecule has 1 heterocycles. The molecule has 22 heavy (non-hydrogen) atoms. The molecule has 0 atom stereocenters. The molecule has 0 saturated carbocycles. The van der Waals surface area contributed by atoms with Crippen LogP contribution in [-0.4, -0.2) is 5.60 Å². The van der Waals surface area contributed by atoms with Gasteiger partial charge in [-0.3, -0.25) is 0 Å². The summed E-state index contributed by atoms with van der Waals surface area (Å²) in [5, 5.41) is 3.61. The highest BCUT2D eigenvalue weighted by molar-refractivity contribution is 5.71. The molecule has 0 aromatic heterocycles. The van der Waals surface area contributed by atoms with E-state index in [1.807, 2.05) is 6.07 Å². The van der Waals surface area contributed by atoms with E-state index in [0.29, 0.717) is 0 Å². The maximum atomic E-state index is 6.27. The van der Waals surface area contributed by atoms with Gasteiger partial charge in [-0.1, -0.05) is 30.3 Å². The molecule has 2 nitrogen and oxygen atoms in total. The fourth-order valence-electron chi connectivity index (χ4n) is 3.25. The van der Waals surface area contributed by atoms with Crippen LogP contribution in [0.25, 0.3) is 0 Å². The first-order valence-corrected chi connectivity index (χ1v) is 7.98.